The summed E-state index contributed by atoms with van der Waals surface area (Å²) in [6.07, 6.45) is 0. The van der Waals surface area contributed by atoms with Crippen LogP contribution in [0.4, 0.5) is 11.4 Å². The Bertz CT molecular complexity index is 1080. The van der Waals surface area contributed by atoms with Gasteiger partial charge in [-0.05, 0) is 41.5 Å². The maximum absolute atomic E-state index is 12.4. The van der Waals surface area contributed by atoms with Crippen LogP contribution in [0.2, 0.25) is 0 Å². The number of fused-ring (bicyclic) bond motifs is 1. The molecule has 1 heterocycles. The molecule has 0 fully saturated rings. The molecular weight excluding hydrogens is 386 g/mol. The summed E-state index contributed by atoms with van der Waals surface area (Å²) in [7, 11) is 0. The first kappa shape index (κ1) is 19.4. The van der Waals surface area contributed by atoms with Gasteiger partial charge in [0.05, 0.1) is 4.92 Å². The fourth-order valence-electron chi connectivity index (χ4n) is 3.11. The van der Waals surface area contributed by atoms with Crippen LogP contribution in [0.3, 0.4) is 0 Å². The van der Waals surface area contributed by atoms with Crippen LogP contribution in [0.5, 0.6) is 11.5 Å². The fraction of sp³-hybridized carbons (Fsp3) is 0.136. The summed E-state index contributed by atoms with van der Waals surface area (Å²) in [6, 6.07) is 19.0. The van der Waals surface area contributed by atoms with Crippen LogP contribution in [0.15, 0.2) is 66.7 Å². The molecule has 1 aliphatic heterocycles. The second-order valence-electron chi connectivity index (χ2n) is 6.72. The first-order valence-corrected chi connectivity index (χ1v) is 9.33. The number of nitro benzene ring substituents is 1. The lowest BCUT2D eigenvalue weighted by atomic mass is 10.1. The van der Waals surface area contributed by atoms with Crippen molar-refractivity contribution in [1.82, 2.24) is 5.32 Å². The molecule has 0 saturated carbocycles. The van der Waals surface area contributed by atoms with Gasteiger partial charge in [0, 0.05) is 24.7 Å². The van der Waals surface area contributed by atoms with Crippen LogP contribution in [0.25, 0.3) is 0 Å². The average molecular weight is 405 g/mol. The molecule has 30 heavy (non-hydrogen) atoms. The monoisotopic (exact) mass is 405 g/mol. The van der Waals surface area contributed by atoms with Crippen molar-refractivity contribution in [3.8, 4) is 11.5 Å². The van der Waals surface area contributed by atoms with Gasteiger partial charge in [-0.1, -0.05) is 30.3 Å². The molecule has 0 aliphatic carbocycles. The molecule has 0 spiro atoms. The number of para-hydroxylation sites is 2. The first-order valence-electron chi connectivity index (χ1n) is 9.33. The van der Waals surface area contributed by atoms with E-state index in [1.807, 2.05) is 30.3 Å². The van der Waals surface area contributed by atoms with Crippen molar-refractivity contribution in [2.75, 3.05) is 12.1 Å². The molecule has 0 atom stereocenters. The summed E-state index contributed by atoms with van der Waals surface area (Å²) in [5.41, 5.74) is 2.54. The number of benzene rings is 3. The Morgan fingerprint density at radius 3 is 2.43 bits per heavy atom. The van der Waals surface area contributed by atoms with E-state index in [1.165, 1.54) is 12.1 Å². The fourth-order valence-corrected chi connectivity index (χ4v) is 3.11. The number of hydrogen-bond acceptors (Lipinski definition) is 6. The predicted octanol–water partition coefficient (Wildman–Crippen LogP) is 3.87. The van der Waals surface area contributed by atoms with Crippen LogP contribution in [0.1, 0.15) is 21.5 Å². The molecule has 152 valence electrons. The van der Waals surface area contributed by atoms with Gasteiger partial charge in [-0.3, -0.25) is 14.9 Å². The number of carbonyl (C=O) groups excluding carboxylic acids is 1. The Kier molecular flexibility index (Phi) is 5.58. The van der Waals surface area contributed by atoms with Crippen molar-refractivity contribution in [3.63, 3.8) is 0 Å². The zero-order chi connectivity index (χ0) is 20.9. The quantitative estimate of drug-likeness (QED) is 0.457. The topological polar surface area (TPSA) is 103 Å². The molecule has 1 amide bonds. The van der Waals surface area contributed by atoms with E-state index in [9.17, 15) is 14.9 Å². The number of nitrogens with zero attached hydrogens (tertiary/aromatic N) is 1. The van der Waals surface area contributed by atoms with E-state index in [0.717, 1.165) is 22.6 Å². The van der Waals surface area contributed by atoms with E-state index in [-0.39, 0.29) is 18.2 Å². The van der Waals surface area contributed by atoms with Crippen molar-refractivity contribution in [1.29, 1.82) is 0 Å². The third kappa shape index (κ3) is 4.39. The van der Waals surface area contributed by atoms with Gasteiger partial charge < -0.3 is 20.1 Å². The lowest BCUT2D eigenvalue weighted by molar-refractivity contribution is -0.383. The standard InChI is InChI=1S/C22H19N3O5/c26-22(24-18-3-1-2-4-19(18)25(27)28)17-8-5-15(6-9-17)12-23-13-16-7-10-20-21(11-16)30-14-29-20/h1-11,23H,12-14H2,(H,24,26). The highest BCUT2D eigenvalue weighted by molar-refractivity contribution is 6.05. The van der Waals surface area contributed by atoms with Crippen molar-refractivity contribution < 1.29 is 19.2 Å². The minimum atomic E-state index is -0.523. The van der Waals surface area contributed by atoms with E-state index in [0.29, 0.717) is 18.7 Å². The SMILES string of the molecule is O=C(Nc1ccccc1[N+](=O)[O-])c1ccc(CNCc2ccc3c(c2)OCO3)cc1. The Balaban J connectivity index is 1.33. The zero-order valence-corrected chi connectivity index (χ0v) is 16.0. The largest absolute Gasteiger partial charge is 0.454 e. The Morgan fingerprint density at radius 2 is 1.63 bits per heavy atom. The van der Waals surface area contributed by atoms with Crippen LogP contribution in [0, 0.1) is 10.1 Å². The van der Waals surface area contributed by atoms with Gasteiger partial charge in [0.25, 0.3) is 11.6 Å². The minimum Gasteiger partial charge on any atom is -0.454 e. The van der Waals surface area contributed by atoms with E-state index >= 15 is 0 Å². The van der Waals surface area contributed by atoms with Crippen LogP contribution in [-0.4, -0.2) is 17.6 Å². The number of anilines is 1. The van der Waals surface area contributed by atoms with E-state index < -0.39 is 10.8 Å². The summed E-state index contributed by atoms with van der Waals surface area (Å²) in [5.74, 6) is 1.11. The molecule has 1 aliphatic rings. The normalized spacial score (nSPS) is 11.9. The number of carbonyl (C=O) groups is 1. The smallest absolute Gasteiger partial charge is 0.292 e. The molecule has 8 heteroatoms. The van der Waals surface area contributed by atoms with Crippen molar-refractivity contribution in [2.45, 2.75) is 13.1 Å². The van der Waals surface area contributed by atoms with Crippen LogP contribution >= 0.6 is 0 Å². The summed E-state index contributed by atoms with van der Waals surface area (Å²) in [6.45, 7) is 1.54. The Hall–Kier alpha value is -3.91. The predicted molar refractivity (Wildman–Crippen MR) is 111 cm³/mol. The Morgan fingerprint density at radius 1 is 0.933 bits per heavy atom. The maximum Gasteiger partial charge on any atom is 0.292 e. The van der Waals surface area contributed by atoms with Crippen molar-refractivity contribution >= 4 is 17.3 Å². The third-order valence-corrected chi connectivity index (χ3v) is 4.66. The molecular formula is C22H19N3O5. The maximum atomic E-state index is 12.4. The number of rotatable bonds is 7. The molecule has 8 nitrogen and oxygen atoms in total. The summed E-state index contributed by atoms with van der Waals surface area (Å²) in [5, 5.41) is 17.0. The molecule has 4 rings (SSSR count). The van der Waals surface area contributed by atoms with Gasteiger partial charge in [-0.2, -0.15) is 0 Å². The molecule has 0 bridgehead atoms. The first-order chi connectivity index (χ1) is 14.6. The highest BCUT2D eigenvalue weighted by atomic mass is 16.7. The summed E-state index contributed by atoms with van der Waals surface area (Å²) >= 11 is 0. The van der Waals surface area contributed by atoms with E-state index in [1.54, 1.807) is 24.3 Å². The zero-order valence-electron chi connectivity index (χ0n) is 16.0. The van der Waals surface area contributed by atoms with Gasteiger partial charge in [0.2, 0.25) is 6.79 Å². The van der Waals surface area contributed by atoms with E-state index in [2.05, 4.69) is 10.6 Å². The number of ether oxygens (including phenoxy) is 2. The van der Waals surface area contributed by atoms with Gasteiger partial charge in [0.1, 0.15) is 5.69 Å². The second-order valence-corrected chi connectivity index (χ2v) is 6.72. The molecule has 3 aromatic carbocycles. The number of amides is 1. The minimum absolute atomic E-state index is 0.143. The Labute approximate surface area is 172 Å². The van der Waals surface area contributed by atoms with Gasteiger partial charge in [-0.25, -0.2) is 0 Å². The van der Waals surface area contributed by atoms with Crippen LogP contribution < -0.4 is 20.1 Å². The lowest BCUT2D eigenvalue weighted by Gasteiger charge is -2.08. The molecule has 2 N–H and O–H groups in total. The lowest BCUT2D eigenvalue weighted by Crippen LogP contribution is -2.14. The third-order valence-electron chi connectivity index (χ3n) is 4.66. The number of nitrogens with one attached hydrogen (secondary N) is 2. The molecule has 3 aromatic rings. The van der Waals surface area contributed by atoms with Gasteiger partial charge >= 0.3 is 0 Å². The van der Waals surface area contributed by atoms with Crippen molar-refractivity contribution in [3.05, 3.63) is 93.5 Å². The number of hydrogen-bond donors (Lipinski definition) is 2. The summed E-state index contributed by atoms with van der Waals surface area (Å²) < 4.78 is 10.7. The van der Waals surface area contributed by atoms with Crippen LogP contribution in [-0.2, 0) is 13.1 Å². The summed E-state index contributed by atoms with van der Waals surface area (Å²) in [4.78, 5) is 23.0. The molecule has 0 saturated heterocycles. The second kappa shape index (κ2) is 8.62. The molecule has 0 aromatic heterocycles. The highest BCUT2D eigenvalue weighted by Gasteiger charge is 2.16. The molecule has 0 unspecified atom stereocenters. The number of nitro groups is 1. The van der Waals surface area contributed by atoms with Gasteiger partial charge in [0.15, 0.2) is 11.5 Å². The van der Waals surface area contributed by atoms with E-state index in [4.69, 9.17) is 9.47 Å². The average Bonchev–Trinajstić information content (AvgIpc) is 3.22. The van der Waals surface area contributed by atoms with Crippen molar-refractivity contribution in [2.24, 2.45) is 0 Å². The highest BCUT2D eigenvalue weighted by Crippen LogP contribution is 2.32. The van der Waals surface area contributed by atoms with Gasteiger partial charge in [-0.15, -0.1) is 0 Å². The molecule has 0 radical (unpaired) electrons.